The van der Waals surface area contributed by atoms with Crippen LogP contribution in [0.1, 0.15) is 69.9 Å². The molecule has 1 unspecified atom stereocenters. The van der Waals surface area contributed by atoms with Gasteiger partial charge < -0.3 is 21.1 Å². The van der Waals surface area contributed by atoms with Gasteiger partial charge in [-0.3, -0.25) is 9.59 Å². The molecule has 9 heteroatoms. The van der Waals surface area contributed by atoms with Crippen LogP contribution in [0.5, 0.6) is 0 Å². The molecule has 2 amide bonds. The van der Waals surface area contributed by atoms with Gasteiger partial charge in [-0.25, -0.2) is 0 Å². The summed E-state index contributed by atoms with van der Waals surface area (Å²) in [6.45, 7) is 6.38. The molecular weight excluding hydrogens is 545 g/mol. The molecule has 38 heavy (non-hydrogen) atoms. The standard InChI is InChI=1S/C29H34Cl3N3O3/c1-28(2,3)14-22-29(19-12-7-15(30)13-21(19)34-27(29)38)23(18-5-4-6-20(31)24(18)32)25(35-22)26(37)33-16-8-10-17(36)11-9-16/h4-7,12-13,16-17,22-23,25,35-36H,8-11,14H2,1-3H3,(H,33,37)(H,34,38)/t16?,17?,22-,23-,25+,29?/m0/s1. The van der Waals surface area contributed by atoms with E-state index in [0.717, 1.165) is 5.56 Å². The maximum atomic E-state index is 14.2. The number of hydrogen-bond acceptors (Lipinski definition) is 4. The average Bonchev–Trinajstić information content (AvgIpc) is 3.31. The fourth-order valence-corrected chi connectivity index (χ4v) is 7.26. The van der Waals surface area contributed by atoms with E-state index in [4.69, 9.17) is 34.8 Å². The van der Waals surface area contributed by atoms with Crippen molar-refractivity contribution in [2.75, 3.05) is 5.32 Å². The molecule has 6 nitrogen and oxygen atoms in total. The Hall–Kier alpha value is -1.83. The number of benzene rings is 2. The number of hydrogen-bond donors (Lipinski definition) is 4. The topological polar surface area (TPSA) is 90.5 Å². The van der Waals surface area contributed by atoms with Gasteiger partial charge in [0.1, 0.15) is 5.41 Å². The Labute approximate surface area is 238 Å². The van der Waals surface area contributed by atoms with Gasteiger partial charge >= 0.3 is 0 Å². The van der Waals surface area contributed by atoms with Crippen molar-refractivity contribution in [2.45, 2.75) is 88.4 Å². The SMILES string of the molecule is CC(C)(C)C[C@@H]1N[C@@H](C(=O)NC2CCC(O)CC2)[C@H](c2cccc(Cl)c2Cl)C12C(=O)Nc1cc(Cl)ccc12. The number of aliphatic hydroxyl groups excluding tert-OH is 1. The van der Waals surface area contributed by atoms with Crippen LogP contribution in [0.4, 0.5) is 5.69 Å². The zero-order chi connectivity index (χ0) is 27.4. The van der Waals surface area contributed by atoms with E-state index < -0.39 is 17.4 Å². The Kier molecular flexibility index (Phi) is 7.51. The van der Waals surface area contributed by atoms with Crippen molar-refractivity contribution in [3.63, 3.8) is 0 Å². The lowest BCUT2D eigenvalue weighted by Crippen LogP contribution is -2.49. The summed E-state index contributed by atoms with van der Waals surface area (Å²) in [5.74, 6) is -0.996. The van der Waals surface area contributed by atoms with Crippen LogP contribution < -0.4 is 16.0 Å². The van der Waals surface area contributed by atoms with Gasteiger partial charge in [-0.05, 0) is 66.8 Å². The van der Waals surface area contributed by atoms with Crippen LogP contribution in [0.15, 0.2) is 36.4 Å². The van der Waals surface area contributed by atoms with Gasteiger partial charge in [0.2, 0.25) is 11.8 Å². The summed E-state index contributed by atoms with van der Waals surface area (Å²) in [7, 11) is 0. The Morgan fingerprint density at radius 3 is 2.50 bits per heavy atom. The first-order chi connectivity index (χ1) is 17.9. The first kappa shape index (κ1) is 27.7. The van der Waals surface area contributed by atoms with Crippen molar-refractivity contribution in [1.82, 2.24) is 10.6 Å². The van der Waals surface area contributed by atoms with Crippen LogP contribution >= 0.6 is 34.8 Å². The van der Waals surface area contributed by atoms with E-state index >= 15 is 0 Å². The minimum absolute atomic E-state index is 0.0377. The lowest BCUT2D eigenvalue weighted by atomic mass is 9.62. The smallest absolute Gasteiger partial charge is 0.238 e. The number of halogens is 3. The number of carbonyl (C=O) groups excluding carboxylic acids is 2. The number of aliphatic hydroxyl groups is 1. The Bertz CT molecular complexity index is 1260. The zero-order valence-electron chi connectivity index (χ0n) is 21.8. The highest BCUT2D eigenvalue weighted by molar-refractivity contribution is 6.42. The molecule has 2 aromatic carbocycles. The average molecular weight is 579 g/mol. The van der Waals surface area contributed by atoms with Crippen molar-refractivity contribution < 1.29 is 14.7 Å². The number of carbonyl (C=O) groups is 2. The third-order valence-electron chi connectivity index (χ3n) is 8.26. The molecule has 3 aliphatic rings. The molecular formula is C29H34Cl3N3O3. The van der Waals surface area contributed by atoms with Crippen molar-refractivity contribution in [3.8, 4) is 0 Å². The molecule has 204 valence electrons. The van der Waals surface area contributed by atoms with Gasteiger partial charge in [0.15, 0.2) is 0 Å². The fourth-order valence-electron chi connectivity index (χ4n) is 6.66. The minimum atomic E-state index is -1.12. The van der Waals surface area contributed by atoms with E-state index in [9.17, 15) is 14.7 Å². The van der Waals surface area contributed by atoms with Crippen molar-refractivity contribution in [2.24, 2.45) is 5.41 Å². The second-order valence-electron chi connectivity index (χ2n) is 12.1. The molecule has 4 N–H and O–H groups in total. The molecule has 1 saturated heterocycles. The molecule has 0 bridgehead atoms. The third-order valence-corrected chi connectivity index (χ3v) is 9.33. The van der Waals surface area contributed by atoms with E-state index in [0.29, 0.717) is 58.4 Å². The van der Waals surface area contributed by atoms with E-state index in [-0.39, 0.29) is 35.4 Å². The summed E-state index contributed by atoms with van der Waals surface area (Å²) in [4.78, 5) is 28.2. The fraction of sp³-hybridized carbons (Fsp3) is 0.517. The van der Waals surface area contributed by atoms with Gasteiger partial charge in [-0.2, -0.15) is 0 Å². The van der Waals surface area contributed by atoms with Gasteiger partial charge in [0, 0.05) is 28.7 Å². The van der Waals surface area contributed by atoms with Gasteiger partial charge in [-0.1, -0.05) is 73.8 Å². The van der Waals surface area contributed by atoms with E-state index in [1.165, 1.54) is 0 Å². The molecule has 5 rings (SSSR count). The van der Waals surface area contributed by atoms with E-state index in [1.807, 2.05) is 12.1 Å². The van der Waals surface area contributed by atoms with Crippen LogP contribution in [-0.4, -0.2) is 41.2 Å². The van der Waals surface area contributed by atoms with Crippen molar-refractivity contribution >= 4 is 52.3 Å². The number of anilines is 1. The summed E-state index contributed by atoms with van der Waals surface area (Å²) < 4.78 is 0. The molecule has 2 heterocycles. The zero-order valence-corrected chi connectivity index (χ0v) is 24.1. The van der Waals surface area contributed by atoms with E-state index in [1.54, 1.807) is 24.3 Å². The quantitative estimate of drug-likeness (QED) is 0.368. The normalized spacial score (nSPS) is 30.8. The largest absolute Gasteiger partial charge is 0.393 e. The highest BCUT2D eigenvalue weighted by Gasteiger charge is 2.66. The summed E-state index contributed by atoms with van der Waals surface area (Å²) in [5.41, 5.74) is 0.833. The second-order valence-corrected chi connectivity index (χ2v) is 13.3. The van der Waals surface area contributed by atoms with Gasteiger partial charge in [0.25, 0.3) is 0 Å². The second kappa shape index (κ2) is 10.3. The van der Waals surface area contributed by atoms with Crippen LogP contribution in [-0.2, 0) is 15.0 Å². The predicted octanol–water partition coefficient (Wildman–Crippen LogP) is 5.82. The highest BCUT2D eigenvalue weighted by Crippen LogP contribution is 2.57. The van der Waals surface area contributed by atoms with Gasteiger partial charge in [0.05, 0.1) is 22.2 Å². The lowest BCUT2D eigenvalue weighted by Gasteiger charge is -2.38. The molecule has 2 fully saturated rings. The third kappa shape index (κ3) is 4.84. The Morgan fingerprint density at radius 1 is 1.11 bits per heavy atom. The van der Waals surface area contributed by atoms with Crippen LogP contribution in [0.25, 0.3) is 0 Å². The molecule has 1 spiro atoms. The first-order valence-electron chi connectivity index (χ1n) is 13.2. The number of nitrogens with one attached hydrogen (secondary N) is 3. The molecule has 1 aliphatic carbocycles. The van der Waals surface area contributed by atoms with E-state index in [2.05, 4.69) is 36.7 Å². The first-order valence-corrected chi connectivity index (χ1v) is 14.3. The molecule has 1 saturated carbocycles. The molecule has 2 aromatic rings. The maximum Gasteiger partial charge on any atom is 0.238 e. The summed E-state index contributed by atoms with van der Waals surface area (Å²) >= 11 is 19.6. The maximum absolute atomic E-state index is 14.2. The Balaban J connectivity index is 1.67. The predicted molar refractivity (Wildman–Crippen MR) is 152 cm³/mol. The number of rotatable bonds is 4. The van der Waals surface area contributed by atoms with Crippen LogP contribution in [0.3, 0.4) is 0 Å². The summed E-state index contributed by atoms with van der Waals surface area (Å²) in [6.07, 6.45) is 3.03. The Morgan fingerprint density at radius 2 is 1.82 bits per heavy atom. The monoisotopic (exact) mass is 577 g/mol. The summed E-state index contributed by atoms with van der Waals surface area (Å²) in [6, 6.07) is 9.67. The molecule has 0 aromatic heterocycles. The van der Waals surface area contributed by atoms with Crippen molar-refractivity contribution in [1.29, 1.82) is 0 Å². The molecule has 4 atom stereocenters. The highest BCUT2D eigenvalue weighted by atomic mass is 35.5. The van der Waals surface area contributed by atoms with Crippen molar-refractivity contribution in [3.05, 3.63) is 62.6 Å². The number of amides is 2. The summed E-state index contributed by atoms with van der Waals surface area (Å²) in [5, 5.41) is 21.0. The molecule has 2 aliphatic heterocycles. The lowest BCUT2D eigenvalue weighted by molar-refractivity contribution is -0.124. The molecule has 0 radical (unpaired) electrons. The van der Waals surface area contributed by atoms with Crippen LogP contribution in [0.2, 0.25) is 15.1 Å². The van der Waals surface area contributed by atoms with Gasteiger partial charge in [-0.15, -0.1) is 0 Å². The van der Waals surface area contributed by atoms with Crippen LogP contribution in [0, 0.1) is 5.41 Å². The number of fused-ring (bicyclic) bond motifs is 2. The minimum Gasteiger partial charge on any atom is -0.393 e.